The van der Waals surface area contributed by atoms with Crippen LogP contribution in [0.1, 0.15) is 31.7 Å². The number of aliphatic carboxylic acids is 1. The van der Waals surface area contributed by atoms with Crippen LogP contribution >= 0.6 is 0 Å². The molecule has 1 aromatic rings. The zero-order valence-corrected chi connectivity index (χ0v) is 13.2. The average molecular weight is 338 g/mol. The largest absolute Gasteiger partial charge is 0.480 e. The fourth-order valence-corrected chi connectivity index (χ4v) is 2.22. The molecule has 0 heterocycles. The number of nitro benzene ring substituents is 1. The number of amides is 1. The summed E-state index contributed by atoms with van der Waals surface area (Å²) >= 11 is 0. The number of nitrogens with one attached hydrogen (secondary N) is 1. The molecule has 0 fully saturated rings. The maximum atomic E-state index is 11.8. The van der Waals surface area contributed by atoms with E-state index < -0.39 is 34.7 Å². The van der Waals surface area contributed by atoms with Crippen molar-refractivity contribution in [1.29, 1.82) is 0 Å². The van der Waals surface area contributed by atoms with Gasteiger partial charge in [0.15, 0.2) is 0 Å². The number of carboxylic acid groups (broad SMARTS) is 1. The highest BCUT2D eigenvalue weighted by molar-refractivity contribution is 5.84. The lowest BCUT2D eigenvalue weighted by atomic mass is 9.88. The molecule has 0 aliphatic rings. The maximum absolute atomic E-state index is 11.8. The van der Waals surface area contributed by atoms with Crippen LogP contribution in [0.15, 0.2) is 24.3 Å². The predicted molar refractivity (Wildman–Crippen MR) is 82.3 cm³/mol. The third-order valence-corrected chi connectivity index (χ3v) is 3.25. The number of carboxylic acids is 1. The van der Waals surface area contributed by atoms with Crippen molar-refractivity contribution in [2.24, 2.45) is 0 Å². The molecule has 9 heteroatoms. The Morgan fingerprint density at radius 1 is 1.29 bits per heavy atom. The second kappa shape index (κ2) is 8.61. The van der Waals surface area contributed by atoms with Crippen molar-refractivity contribution >= 4 is 23.5 Å². The van der Waals surface area contributed by atoms with Crippen LogP contribution in [-0.4, -0.2) is 40.5 Å². The highest BCUT2D eigenvalue weighted by atomic mass is 16.6. The minimum absolute atomic E-state index is 0.129. The Balaban J connectivity index is 3.19. The lowest BCUT2D eigenvalue weighted by Crippen LogP contribution is -2.44. The number of benzene rings is 1. The smallest absolute Gasteiger partial charge is 0.326 e. The van der Waals surface area contributed by atoms with Gasteiger partial charge in [-0.1, -0.05) is 12.1 Å². The van der Waals surface area contributed by atoms with Gasteiger partial charge in [-0.2, -0.15) is 0 Å². The van der Waals surface area contributed by atoms with Crippen LogP contribution in [0.3, 0.4) is 0 Å². The van der Waals surface area contributed by atoms with Gasteiger partial charge in [0.1, 0.15) is 6.04 Å². The molecule has 0 aliphatic heterocycles. The second-order valence-electron chi connectivity index (χ2n) is 4.98. The van der Waals surface area contributed by atoms with Crippen LogP contribution in [0, 0.1) is 10.1 Å². The molecule has 0 radical (unpaired) electrons. The van der Waals surface area contributed by atoms with Crippen molar-refractivity contribution in [1.82, 2.24) is 5.32 Å². The number of non-ortho nitro benzene ring substituents is 1. The molecule has 1 aromatic carbocycles. The van der Waals surface area contributed by atoms with Crippen LogP contribution in [0.5, 0.6) is 0 Å². The normalized spacial score (nSPS) is 12.8. The minimum Gasteiger partial charge on any atom is -0.480 e. The first kappa shape index (κ1) is 19.1. The summed E-state index contributed by atoms with van der Waals surface area (Å²) in [5.41, 5.74) is 0.204. The quantitative estimate of drug-likeness (QED) is 0.413. The fraction of sp³-hybridized carbons (Fsp3) is 0.400. The van der Waals surface area contributed by atoms with Crippen molar-refractivity contribution in [2.45, 2.75) is 32.2 Å². The van der Waals surface area contributed by atoms with Crippen molar-refractivity contribution in [3.05, 3.63) is 39.9 Å². The summed E-state index contributed by atoms with van der Waals surface area (Å²) in [4.78, 5) is 44.7. The first-order valence-electron chi connectivity index (χ1n) is 7.16. The monoisotopic (exact) mass is 338 g/mol. The van der Waals surface area contributed by atoms with E-state index in [1.165, 1.54) is 24.3 Å². The van der Waals surface area contributed by atoms with E-state index in [-0.39, 0.29) is 18.7 Å². The fourth-order valence-electron chi connectivity index (χ4n) is 2.22. The zero-order valence-electron chi connectivity index (χ0n) is 13.2. The van der Waals surface area contributed by atoms with E-state index in [0.717, 1.165) is 6.92 Å². The Bertz CT molecular complexity index is 627. The molecule has 0 spiro atoms. The molecule has 1 rings (SSSR count). The molecular weight excluding hydrogens is 320 g/mol. The highest BCUT2D eigenvalue weighted by Crippen LogP contribution is 2.26. The summed E-state index contributed by atoms with van der Waals surface area (Å²) < 4.78 is 4.84. The number of ether oxygens (including phenoxy) is 1. The van der Waals surface area contributed by atoms with Gasteiger partial charge in [0.05, 0.1) is 18.0 Å². The van der Waals surface area contributed by atoms with Crippen LogP contribution in [-0.2, 0) is 19.1 Å². The van der Waals surface area contributed by atoms with Gasteiger partial charge in [0, 0.05) is 25.0 Å². The summed E-state index contributed by atoms with van der Waals surface area (Å²) in [7, 11) is 0. The first-order chi connectivity index (χ1) is 11.3. The van der Waals surface area contributed by atoms with Crippen LogP contribution in [0.25, 0.3) is 0 Å². The van der Waals surface area contributed by atoms with Crippen molar-refractivity contribution in [3.63, 3.8) is 0 Å². The van der Waals surface area contributed by atoms with Gasteiger partial charge in [0.2, 0.25) is 5.91 Å². The summed E-state index contributed by atoms with van der Waals surface area (Å²) in [6.07, 6.45) is -0.289. The van der Waals surface area contributed by atoms with Crippen molar-refractivity contribution in [2.75, 3.05) is 6.61 Å². The van der Waals surface area contributed by atoms with Gasteiger partial charge < -0.3 is 15.2 Å². The van der Waals surface area contributed by atoms with Crippen LogP contribution < -0.4 is 5.32 Å². The van der Waals surface area contributed by atoms with Gasteiger partial charge in [-0.3, -0.25) is 19.7 Å². The Hall–Kier alpha value is -2.97. The molecule has 0 saturated heterocycles. The summed E-state index contributed by atoms with van der Waals surface area (Å²) in [6.45, 7) is 2.90. The number of hydrogen-bond acceptors (Lipinski definition) is 6. The van der Waals surface area contributed by atoms with Crippen LogP contribution in [0.2, 0.25) is 0 Å². The molecule has 0 aliphatic carbocycles. The number of nitro groups is 1. The molecule has 0 aromatic heterocycles. The summed E-state index contributed by atoms with van der Waals surface area (Å²) in [5, 5.41) is 22.4. The van der Waals surface area contributed by atoms with Gasteiger partial charge in [-0.25, -0.2) is 4.79 Å². The molecule has 24 heavy (non-hydrogen) atoms. The van der Waals surface area contributed by atoms with E-state index in [2.05, 4.69) is 5.32 Å². The molecule has 2 atom stereocenters. The van der Waals surface area contributed by atoms with E-state index in [4.69, 9.17) is 4.74 Å². The van der Waals surface area contributed by atoms with E-state index >= 15 is 0 Å². The standard InChI is InChI=1S/C15H18N2O7/c1-3-24-13(19)8-12(14(15(20)21)16-9(2)18)10-4-6-11(7-5-10)17(22)23/h4-7,12,14H,3,8H2,1-2H3,(H,16,18)(H,20,21)/t12-,14+/m1/s1. The highest BCUT2D eigenvalue weighted by Gasteiger charge is 2.32. The molecule has 2 N–H and O–H groups in total. The molecule has 1 amide bonds. The lowest BCUT2D eigenvalue weighted by molar-refractivity contribution is -0.384. The number of nitrogens with zero attached hydrogens (tertiary/aromatic N) is 1. The third-order valence-electron chi connectivity index (χ3n) is 3.25. The summed E-state index contributed by atoms with van der Waals surface area (Å²) in [6, 6.07) is 3.77. The van der Waals surface area contributed by atoms with E-state index in [9.17, 15) is 29.6 Å². The molecule has 0 bridgehead atoms. The predicted octanol–water partition coefficient (Wildman–Crippen LogP) is 1.22. The van der Waals surface area contributed by atoms with E-state index in [1.807, 2.05) is 0 Å². The van der Waals surface area contributed by atoms with Gasteiger partial charge in [-0.05, 0) is 12.5 Å². The lowest BCUT2D eigenvalue weighted by Gasteiger charge is -2.24. The molecular formula is C15H18N2O7. The minimum atomic E-state index is -1.37. The molecule has 130 valence electrons. The first-order valence-corrected chi connectivity index (χ1v) is 7.16. The number of carbonyl (C=O) groups excluding carboxylic acids is 2. The third kappa shape index (κ3) is 5.34. The van der Waals surface area contributed by atoms with E-state index in [0.29, 0.717) is 5.56 Å². The van der Waals surface area contributed by atoms with Gasteiger partial charge in [-0.15, -0.1) is 0 Å². The SMILES string of the molecule is CCOC(=O)C[C@H](c1ccc([N+](=O)[O-])cc1)[C@H](NC(C)=O)C(=O)O. The summed E-state index contributed by atoms with van der Waals surface area (Å²) in [5.74, 6) is -3.44. The van der Waals surface area contributed by atoms with Gasteiger partial charge in [0.25, 0.3) is 5.69 Å². The molecule has 9 nitrogen and oxygen atoms in total. The number of esters is 1. The number of rotatable bonds is 8. The topological polar surface area (TPSA) is 136 Å². The van der Waals surface area contributed by atoms with Crippen molar-refractivity contribution < 1.29 is 29.2 Å². The van der Waals surface area contributed by atoms with Crippen LogP contribution in [0.4, 0.5) is 5.69 Å². The van der Waals surface area contributed by atoms with Crippen molar-refractivity contribution in [3.8, 4) is 0 Å². The zero-order chi connectivity index (χ0) is 18.3. The average Bonchev–Trinajstić information content (AvgIpc) is 2.50. The molecule has 0 saturated carbocycles. The Morgan fingerprint density at radius 3 is 2.29 bits per heavy atom. The number of carbonyl (C=O) groups is 3. The maximum Gasteiger partial charge on any atom is 0.326 e. The Kier molecular flexibility index (Phi) is 6.84. The Labute approximate surface area is 137 Å². The Morgan fingerprint density at radius 2 is 1.88 bits per heavy atom. The molecule has 0 unspecified atom stereocenters. The van der Waals surface area contributed by atoms with E-state index in [1.54, 1.807) is 6.92 Å². The number of hydrogen-bond donors (Lipinski definition) is 2. The second-order valence-corrected chi connectivity index (χ2v) is 4.98. The van der Waals surface area contributed by atoms with Gasteiger partial charge >= 0.3 is 11.9 Å².